The Bertz CT molecular complexity index is 553. The molecule has 0 atom stereocenters. The number of nitrogens with two attached hydrogens (primary N) is 1. The molecule has 2 aromatic rings. The number of anilines is 1. The summed E-state index contributed by atoms with van der Waals surface area (Å²) in [5.41, 5.74) is 5.31. The van der Waals surface area contributed by atoms with Gasteiger partial charge in [0.2, 0.25) is 11.9 Å². The van der Waals surface area contributed by atoms with Gasteiger partial charge in [0.25, 0.3) is 0 Å². The zero-order valence-electron chi connectivity index (χ0n) is 10.1. The number of hydrogen-bond donors (Lipinski definition) is 1. The van der Waals surface area contributed by atoms with E-state index in [1.54, 1.807) is 0 Å². The minimum atomic E-state index is -0.314. The molecule has 0 aliphatic rings. The molecule has 6 nitrogen and oxygen atoms in total. The topological polar surface area (TPSA) is 83.0 Å². The van der Waals surface area contributed by atoms with E-state index in [0.29, 0.717) is 18.8 Å². The van der Waals surface area contributed by atoms with Gasteiger partial charge in [-0.15, -0.1) is 5.10 Å². The van der Waals surface area contributed by atoms with Gasteiger partial charge in [-0.1, -0.05) is 0 Å². The highest BCUT2D eigenvalue weighted by molar-refractivity contribution is 5.77. The highest BCUT2D eigenvalue weighted by atomic mass is 19.1. The fraction of sp³-hybridized carbons (Fsp3) is 0.250. The normalized spacial score (nSPS) is 10.4. The Labute approximate surface area is 109 Å². The molecule has 0 radical (unpaired) electrons. The van der Waals surface area contributed by atoms with E-state index in [9.17, 15) is 9.18 Å². The molecule has 1 heterocycles. The summed E-state index contributed by atoms with van der Waals surface area (Å²) < 4.78 is 19.1. The second-order valence-electron chi connectivity index (χ2n) is 3.85. The van der Waals surface area contributed by atoms with Crippen molar-refractivity contribution in [1.82, 2.24) is 14.8 Å². The van der Waals surface area contributed by atoms with Crippen molar-refractivity contribution >= 4 is 11.9 Å². The van der Waals surface area contributed by atoms with E-state index in [0.717, 1.165) is 4.68 Å². The molecule has 19 heavy (non-hydrogen) atoms. The summed E-state index contributed by atoms with van der Waals surface area (Å²) in [7, 11) is 0. The first-order chi connectivity index (χ1) is 9.15. The maximum absolute atomic E-state index is 12.6. The summed E-state index contributed by atoms with van der Waals surface area (Å²) in [4.78, 5) is 15.3. The number of nitrogens with zero attached hydrogens (tertiary/aromatic N) is 3. The quantitative estimate of drug-likeness (QED) is 0.827. The molecule has 0 saturated heterocycles. The molecule has 0 fully saturated rings. The Kier molecular flexibility index (Phi) is 4.07. The number of carbonyl (C=O) groups excluding carboxylic acids is 1. The lowest BCUT2D eigenvalue weighted by molar-refractivity contribution is 0.0877. The van der Waals surface area contributed by atoms with Gasteiger partial charge in [0.05, 0.1) is 6.61 Å². The smallest absolute Gasteiger partial charge is 0.248 e. The van der Waals surface area contributed by atoms with E-state index in [-0.39, 0.29) is 24.1 Å². The number of aromatic nitrogens is 3. The molecule has 0 saturated carbocycles. The fourth-order valence-electron chi connectivity index (χ4n) is 1.45. The molecule has 1 aromatic heterocycles. The molecule has 1 aromatic carbocycles. The van der Waals surface area contributed by atoms with Gasteiger partial charge >= 0.3 is 0 Å². The van der Waals surface area contributed by atoms with Crippen LogP contribution in [0.5, 0.6) is 5.75 Å². The number of nitrogen functional groups attached to an aromatic ring is 1. The number of carbonyl (C=O) groups is 1. The molecule has 0 bridgehead atoms. The summed E-state index contributed by atoms with van der Waals surface area (Å²) in [6, 6.07) is 5.71. The fourth-order valence-corrected chi connectivity index (χ4v) is 1.45. The number of ether oxygens (including phenoxy) is 1. The van der Waals surface area contributed by atoms with Crippen molar-refractivity contribution in [2.45, 2.75) is 12.8 Å². The van der Waals surface area contributed by atoms with Crippen molar-refractivity contribution < 1.29 is 13.9 Å². The van der Waals surface area contributed by atoms with Gasteiger partial charge in [0.15, 0.2) is 0 Å². The summed E-state index contributed by atoms with van der Waals surface area (Å²) in [5, 5.41) is 3.71. The first-order valence-electron chi connectivity index (χ1n) is 5.74. The first kappa shape index (κ1) is 13.0. The third kappa shape index (κ3) is 3.77. The third-order valence-electron chi connectivity index (χ3n) is 2.38. The lowest BCUT2D eigenvalue weighted by Gasteiger charge is -2.05. The van der Waals surface area contributed by atoms with Crippen LogP contribution in [0.25, 0.3) is 0 Å². The Hall–Kier alpha value is -2.44. The predicted octanol–water partition coefficient (Wildman–Crippen LogP) is 1.50. The van der Waals surface area contributed by atoms with Crippen LogP contribution in [0.2, 0.25) is 0 Å². The van der Waals surface area contributed by atoms with Crippen LogP contribution in [-0.4, -0.2) is 27.3 Å². The van der Waals surface area contributed by atoms with Crippen LogP contribution in [-0.2, 0) is 0 Å². The lowest BCUT2D eigenvalue weighted by atomic mass is 10.3. The van der Waals surface area contributed by atoms with Crippen LogP contribution < -0.4 is 10.5 Å². The predicted molar refractivity (Wildman–Crippen MR) is 66.2 cm³/mol. The van der Waals surface area contributed by atoms with Crippen LogP contribution in [0.1, 0.15) is 17.6 Å². The van der Waals surface area contributed by atoms with E-state index in [2.05, 4.69) is 10.1 Å². The Balaban J connectivity index is 1.72. The van der Waals surface area contributed by atoms with E-state index in [1.807, 2.05) is 0 Å². The van der Waals surface area contributed by atoms with Crippen LogP contribution in [0.15, 0.2) is 30.6 Å². The van der Waals surface area contributed by atoms with Gasteiger partial charge in [-0.3, -0.25) is 4.79 Å². The number of benzene rings is 1. The summed E-state index contributed by atoms with van der Waals surface area (Å²) in [6.45, 7) is 0.363. The maximum Gasteiger partial charge on any atom is 0.248 e. The lowest BCUT2D eigenvalue weighted by Crippen LogP contribution is -2.12. The van der Waals surface area contributed by atoms with Crippen LogP contribution in [0, 0.1) is 5.82 Å². The number of halogens is 1. The molecule has 7 heteroatoms. The monoisotopic (exact) mass is 264 g/mol. The second-order valence-corrected chi connectivity index (χ2v) is 3.85. The molecule has 0 spiro atoms. The van der Waals surface area contributed by atoms with Crippen LogP contribution in [0.3, 0.4) is 0 Å². The molecule has 0 aliphatic carbocycles. The van der Waals surface area contributed by atoms with E-state index in [1.165, 1.54) is 30.6 Å². The van der Waals surface area contributed by atoms with Crippen molar-refractivity contribution in [3.8, 4) is 5.75 Å². The minimum Gasteiger partial charge on any atom is -0.494 e. The Morgan fingerprint density at radius 1 is 1.37 bits per heavy atom. The molecule has 0 aliphatic heterocycles. The molecular weight excluding hydrogens is 251 g/mol. The Morgan fingerprint density at radius 3 is 2.74 bits per heavy atom. The van der Waals surface area contributed by atoms with Gasteiger partial charge in [0.1, 0.15) is 17.9 Å². The number of hydrogen-bond acceptors (Lipinski definition) is 5. The van der Waals surface area contributed by atoms with Crippen molar-refractivity contribution in [2.24, 2.45) is 0 Å². The molecular formula is C12H13FN4O2. The van der Waals surface area contributed by atoms with Crippen LogP contribution in [0.4, 0.5) is 10.3 Å². The standard InChI is InChI=1S/C12H13FN4O2/c13-9-3-5-10(6-4-9)19-7-1-2-11(18)17-8-15-12(14)16-17/h3-6,8H,1-2,7H2,(H2,14,16). The maximum atomic E-state index is 12.6. The Morgan fingerprint density at radius 2 is 2.11 bits per heavy atom. The number of rotatable bonds is 5. The molecule has 0 unspecified atom stereocenters. The van der Waals surface area contributed by atoms with Crippen molar-refractivity contribution in [1.29, 1.82) is 0 Å². The zero-order chi connectivity index (χ0) is 13.7. The average Bonchev–Trinajstić information content (AvgIpc) is 2.83. The van der Waals surface area contributed by atoms with Crippen molar-refractivity contribution in [3.63, 3.8) is 0 Å². The van der Waals surface area contributed by atoms with E-state index in [4.69, 9.17) is 10.5 Å². The van der Waals surface area contributed by atoms with Gasteiger partial charge in [-0.2, -0.15) is 4.68 Å². The minimum absolute atomic E-state index is 0.0657. The molecule has 2 rings (SSSR count). The zero-order valence-corrected chi connectivity index (χ0v) is 10.1. The highest BCUT2D eigenvalue weighted by Crippen LogP contribution is 2.11. The van der Waals surface area contributed by atoms with Crippen LogP contribution >= 0.6 is 0 Å². The van der Waals surface area contributed by atoms with Gasteiger partial charge in [-0.05, 0) is 30.7 Å². The van der Waals surface area contributed by atoms with Crippen molar-refractivity contribution in [3.05, 3.63) is 36.4 Å². The SMILES string of the molecule is Nc1ncn(C(=O)CCCOc2ccc(F)cc2)n1. The molecule has 0 amide bonds. The largest absolute Gasteiger partial charge is 0.494 e. The summed E-state index contributed by atoms with van der Waals surface area (Å²) in [6.07, 6.45) is 2.07. The highest BCUT2D eigenvalue weighted by Gasteiger charge is 2.06. The second kappa shape index (κ2) is 5.94. The molecule has 2 N–H and O–H groups in total. The van der Waals surface area contributed by atoms with Crippen molar-refractivity contribution in [2.75, 3.05) is 12.3 Å². The summed E-state index contributed by atoms with van der Waals surface area (Å²) in [5.74, 6) is 0.118. The molecule has 100 valence electrons. The van der Waals surface area contributed by atoms with Gasteiger partial charge < -0.3 is 10.5 Å². The third-order valence-corrected chi connectivity index (χ3v) is 2.38. The average molecular weight is 264 g/mol. The van der Waals surface area contributed by atoms with Gasteiger partial charge in [-0.25, -0.2) is 9.37 Å². The van der Waals surface area contributed by atoms with Gasteiger partial charge in [0, 0.05) is 6.42 Å². The van der Waals surface area contributed by atoms with E-state index >= 15 is 0 Å². The summed E-state index contributed by atoms with van der Waals surface area (Å²) >= 11 is 0. The van der Waals surface area contributed by atoms with E-state index < -0.39 is 0 Å². The first-order valence-corrected chi connectivity index (χ1v) is 5.74.